The van der Waals surface area contributed by atoms with Crippen LogP contribution in [0.2, 0.25) is 0 Å². The number of benzene rings is 2. The molecular weight excluding hydrogens is 391 g/mol. The largest absolute Gasteiger partial charge is 0.451 e. The van der Waals surface area contributed by atoms with Gasteiger partial charge in [-0.25, -0.2) is 4.39 Å². The molecule has 0 aliphatic rings. The summed E-state index contributed by atoms with van der Waals surface area (Å²) in [6.07, 6.45) is 0. The Kier molecular flexibility index (Phi) is 4.95. The van der Waals surface area contributed by atoms with Crippen LogP contribution < -0.4 is 10.9 Å². The van der Waals surface area contributed by atoms with Gasteiger partial charge in [0.25, 0.3) is 5.91 Å². The molecule has 2 N–H and O–H groups in total. The first-order valence-electron chi connectivity index (χ1n) is 7.26. The Labute approximate surface area is 150 Å². The van der Waals surface area contributed by atoms with Crippen LogP contribution in [0.1, 0.15) is 20.9 Å². The molecule has 0 bridgehead atoms. The lowest BCUT2D eigenvalue weighted by molar-refractivity contribution is 0.0831. The van der Waals surface area contributed by atoms with Crippen molar-refractivity contribution in [2.75, 3.05) is 0 Å². The van der Waals surface area contributed by atoms with Crippen molar-refractivity contribution in [2.45, 2.75) is 0 Å². The molecule has 1 aromatic heterocycles. The smallest absolute Gasteiger partial charge is 0.305 e. The third-order valence-corrected chi connectivity index (χ3v) is 4.07. The normalized spacial score (nSPS) is 10.3. The fraction of sp³-hybridized carbons (Fsp3) is 0. The van der Waals surface area contributed by atoms with Gasteiger partial charge in [0.15, 0.2) is 5.76 Å². The fourth-order valence-corrected chi connectivity index (χ4v) is 2.62. The van der Waals surface area contributed by atoms with Crippen LogP contribution in [-0.4, -0.2) is 11.8 Å². The Balaban J connectivity index is 1.68. The van der Waals surface area contributed by atoms with Crippen molar-refractivity contribution < 1.29 is 18.4 Å². The SMILES string of the molecule is O=C(NNC(=O)c1ccccc1Br)c1ccc(-c2ccccc2F)o1. The molecule has 2 amide bonds. The van der Waals surface area contributed by atoms with Gasteiger partial charge in [-0.3, -0.25) is 20.4 Å². The first kappa shape index (κ1) is 16.9. The number of furan rings is 1. The zero-order valence-electron chi connectivity index (χ0n) is 12.8. The van der Waals surface area contributed by atoms with Crippen molar-refractivity contribution >= 4 is 27.7 Å². The number of nitrogens with one attached hydrogen (secondary N) is 2. The van der Waals surface area contributed by atoms with E-state index in [4.69, 9.17) is 4.42 Å². The average Bonchev–Trinajstić information content (AvgIpc) is 3.10. The number of hydrazine groups is 1. The summed E-state index contributed by atoms with van der Waals surface area (Å²) in [5.41, 5.74) is 5.17. The number of hydrogen-bond acceptors (Lipinski definition) is 3. The molecule has 0 aliphatic carbocycles. The lowest BCUT2D eigenvalue weighted by Crippen LogP contribution is -2.41. The summed E-state index contributed by atoms with van der Waals surface area (Å²) in [5.74, 6) is -1.41. The number of carbonyl (C=O) groups excluding carboxylic acids is 2. The molecule has 25 heavy (non-hydrogen) atoms. The molecule has 3 aromatic rings. The molecule has 7 heteroatoms. The average molecular weight is 403 g/mol. The summed E-state index contributed by atoms with van der Waals surface area (Å²) >= 11 is 3.26. The maximum Gasteiger partial charge on any atom is 0.305 e. The summed E-state index contributed by atoms with van der Waals surface area (Å²) in [7, 11) is 0. The molecule has 0 fully saturated rings. The fourth-order valence-electron chi connectivity index (χ4n) is 2.15. The first-order valence-corrected chi connectivity index (χ1v) is 8.05. The predicted octanol–water partition coefficient (Wildman–Crippen LogP) is 3.92. The number of amides is 2. The second kappa shape index (κ2) is 7.31. The summed E-state index contributed by atoms with van der Waals surface area (Å²) in [5, 5.41) is 0. The highest BCUT2D eigenvalue weighted by Gasteiger charge is 2.16. The van der Waals surface area contributed by atoms with Crippen molar-refractivity contribution in [2.24, 2.45) is 0 Å². The zero-order valence-corrected chi connectivity index (χ0v) is 14.3. The molecule has 0 radical (unpaired) electrons. The third kappa shape index (κ3) is 3.77. The molecule has 0 spiro atoms. The van der Waals surface area contributed by atoms with Crippen LogP contribution in [0, 0.1) is 5.82 Å². The van der Waals surface area contributed by atoms with Gasteiger partial charge in [0.1, 0.15) is 11.6 Å². The Morgan fingerprint density at radius 1 is 0.880 bits per heavy atom. The van der Waals surface area contributed by atoms with Crippen LogP contribution in [0.4, 0.5) is 4.39 Å². The molecule has 2 aromatic carbocycles. The van der Waals surface area contributed by atoms with Gasteiger partial charge in [-0.1, -0.05) is 24.3 Å². The highest BCUT2D eigenvalue weighted by molar-refractivity contribution is 9.10. The van der Waals surface area contributed by atoms with Gasteiger partial charge in [-0.2, -0.15) is 0 Å². The lowest BCUT2D eigenvalue weighted by Gasteiger charge is -2.07. The predicted molar refractivity (Wildman–Crippen MR) is 93.2 cm³/mol. The number of hydrogen-bond donors (Lipinski definition) is 2. The van der Waals surface area contributed by atoms with Crippen LogP contribution in [0.5, 0.6) is 0 Å². The molecule has 0 aliphatic heterocycles. The van der Waals surface area contributed by atoms with Gasteiger partial charge in [0, 0.05) is 4.47 Å². The molecular formula is C18H12BrFN2O3. The minimum Gasteiger partial charge on any atom is -0.451 e. The summed E-state index contributed by atoms with van der Waals surface area (Å²) < 4.78 is 19.7. The van der Waals surface area contributed by atoms with Crippen LogP contribution >= 0.6 is 15.9 Å². The Morgan fingerprint density at radius 2 is 1.56 bits per heavy atom. The monoisotopic (exact) mass is 402 g/mol. The number of halogens is 2. The standard InChI is InChI=1S/C18H12BrFN2O3/c19-13-7-3-1-5-11(13)17(23)21-22-18(24)16-10-9-15(25-16)12-6-2-4-8-14(12)20/h1-10H,(H,21,23)(H,22,24). The van der Waals surface area contributed by atoms with Crippen molar-refractivity contribution in [1.29, 1.82) is 0 Å². The first-order chi connectivity index (χ1) is 12.1. The quantitative estimate of drug-likeness (QED) is 0.652. The summed E-state index contributed by atoms with van der Waals surface area (Å²) in [6.45, 7) is 0. The molecule has 0 atom stereocenters. The van der Waals surface area contributed by atoms with Crippen molar-refractivity contribution in [3.63, 3.8) is 0 Å². The molecule has 0 saturated carbocycles. The van der Waals surface area contributed by atoms with Crippen LogP contribution in [0.3, 0.4) is 0 Å². The second-order valence-corrected chi connectivity index (χ2v) is 5.89. The third-order valence-electron chi connectivity index (χ3n) is 3.38. The van der Waals surface area contributed by atoms with Gasteiger partial charge in [-0.15, -0.1) is 0 Å². The van der Waals surface area contributed by atoms with Gasteiger partial charge in [0.2, 0.25) is 0 Å². The van der Waals surface area contributed by atoms with E-state index in [1.807, 2.05) is 0 Å². The minimum atomic E-state index is -0.650. The summed E-state index contributed by atoms with van der Waals surface area (Å²) in [6, 6.07) is 15.8. The molecule has 5 nitrogen and oxygen atoms in total. The molecule has 0 unspecified atom stereocenters. The topological polar surface area (TPSA) is 71.3 Å². The van der Waals surface area contributed by atoms with E-state index in [2.05, 4.69) is 26.8 Å². The maximum absolute atomic E-state index is 13.7. The Hall–Kier alpha value is -2.93. The van der Waals surface area contributed by atoms with Gasteiger partial charge in [-0.05, 0) is 52.3 Å². The Bertz CT molecular complexity index is 939. The van der Waals surface area contributed by atoms with E-state index in [9.17, 15) is 14.0 Å². The van der Waals surface area contributed by atoms with E-state index in [1.54, 1.807) is 42.5 Å². The molecule has 1 heterocycles. The minimum absolute atomic E-state index is 0.0503. The van der Waals surface area contributed by atoms with Crippen molar-refractivity contribution in [1.82, 2.24) is 10.9 Å². The van der Waals surface area contributed by atoms with E-state index >= 15 is 0 Å². The highest BCUT2D eigenvalue weighted by Crippen LogP contribution is 2.24. The van der Waals surface area contributed by atoms with E-state index < -0.39 is 17.6 Å². The van der Waals surface area contributed by atoms with E-state index in [1.165, 1.54) is 18.2 Å². The Morgan fingerprint density at radius 3 is 2.32 bits per heavy atom. The molecule has 0 saturated heterocycles. The number of rotatable bonds is 3. The van der Waals surface area contributed by atoms with E-state index in [0.29, 0.717) is 10.0 Å². The van der Waals surface area contributed by atoms with Gasteiger partial charge < -0.3 is 4.42 Å². The van der Waals surface area contributed by atoms with Crippen molar-refractivity contribution in [3.05, 3.63) is 82.3 Å². The van der Waals surface area contributed by atoms with Crippen LogP contribution in [0.15, 0.2) is 69.6 Å². The van der Waals surface area contributed by atoms with E-state index in [0.717, 1.165) is 0 Å². The van der Waals surface area contributed by atoms with Gasteiger partial charge >= 0.3 is 5.91 Å². The molecule has 3 rings (SSSR count). The van der Waals surface area contributed by atoms with Crippen molar-refractivity contribution in [3.8, 4) is 11.3 Å². The lowest BCUT2D eigenvalue weighted by atomic mass is 10.1. The highest BCUT2D eigenvalue weighted by atomic mass is 79.9. The van der Waals surface area contributed by atoms with Crippen LogP contribution in [-0.2, 0) is 0 Å². The van der Waals surface area contributed by atoms with Crippen LogP contribution in [0.25, 0.3) is 11.3 Å². The second-order valence-electron chi connectivity index (χ2n) is 5.03. The summed E-state index contributed by atoms with van der Waals surface area (Å²) in [4.78, 5) is 24.1. The number of carbonyl (C=O) groups is 2. The maximum atomic E-state index is 13.7. The zero-order chi connectivity index (χ0) is 17.8. The van der Waals surface area contributed by atoms with E-state index in [-0.39, 0.29) is 17.1 Å². The molecule has 126 valence electrons. The van der Waals surface area contributed by atoms with Gasteiger partial charge in [0.05, 0.1) is 11.1 Å².